The summed E-state index contributed by atoms with van der Waals surface area (Å²) in [6.45, 7) is 1.45. The molecule has 7 aromatic rings. The number of ether oxygens (including phenoxy) is 1. The zero-order valence-corrected chi connectivity index (χ0v) is 28.8. The lowest BCUT2D eigenvalue weighted by molar-refractivity contribution is 0.102. The van der Waals surface area contributed by atoms with Gasteiger partial charge in [0, 0.05) is 76.5 Å². The minimum Gasteiger partial charge on any atom is -0.474 e. The van der Waals surface area contributed by atoms with Crippen LogP contribution in [0, 0.1) is 0 Å². The third kappa shape index (κ3) is 5.68. The van der Waals surface area contributed by atoms with Crippen molar-refractivity contribution >= 4 is 51.5 Å². The lowest BCUT2D eigenvalue weighted by Gasteiger charge is -2.33. The van der Waals surface area contributed by atoms with Gasteiger partial charge in [0.1, 0.15) is 11.8 Å². The number of carbonyl (C=O) groups excluding carboxylic acids is 1. The number of amides is 1. The maximum absolute atomic E-state index is 14.5. The van der Waals surface area contributed by atoms with Gasteiger partial charge >= 0.3 is 0 Å². The Morgan fingerprint density at radius 2 is 1.63 bits per heavy atom. The Hall–Kier alpha value is -5.64. The monoisotopic (exact) mass is 711 g/mol. The van der Waals surface area contributed by atoms with Gasteiger partial charge in [0.2, 0.25) is 5.88 Å². The Kier molecular flexibility index (Phi) is 7.94. The first-order valence-corrected chi connectivity index (χ1v) is 17.6. The number of halogens is 2. The Morgan fingerprint density at radius 1 is 0.843 bits per heavy atom. The first-order chi connectivity index (χ1) is 25.0. The summed E-state index contributed by atoms with van der Waals surface area (Å²) in [4.78, 5) is 34.2. The highest BCUT2D eigenvalue weighted by Crippen LogP contribution is 2.50. The highest BCUT2D eigenvalue weighted by molar-refractivity contribution is 6.32. The number of aromatic nitrogens is 5. The lowest BCUT2D eigenvalue weighted by Crippen LogP contribution is -2.39. The van der Waals surface area contributed by atoms with Crippen molar-refractivity contribution in [1.29, 1.82) is 0 Å². The fraction of sp³-hybridized carbons (Fsp3) is 0.150. The molecule has 0 radical (unpaired) electrons. The maximum atomic E-state index is 14.5. The Labute approximate surface area is 303 Å². The number of pyridine rings is 2. The summed E-state index contributed by atoms with van der Waals surface area (Å²) >= 11 is 13.1. The topological polar surface area (TPSA) is 101 Å². The average Bonchev–Trinajstić information content (AvgIpc) is 3.76. The van der Waals surface area contributed by atoms with Crippen LogP contribution in [-0.4, -0.2) is 49.6 Å². The number of hydrogen-bond acceptors (Lipinski definition) is 6. The van der Waals surface area contributed by atoms with E-state index in [1.165, 1.54) is 0 Å². The first kappa shape index (κ1) is 31.3. The second-order valence-electron chi connectivity index (χ2n) is 12.8. The second kappa shape index (κ2) is 12.9. The van der Waals surface area contributed by atoms with Crippen molar-refractivity contribution in [1.82, 2.24) is 24.5 Å². The molecule has 6 heterocycles. The summed E-state index contributed by atoms with van der Waals surface area (Å²) in [7, 11) is 0. The van der Waals surface area contributed by atoms with Crippen molar-refractivity contribution in [2.45, 2.75) is 25.0 Å². The van der Waals surface area contributed by atoms with Crippen molar-refractivity contribution in [3.8, 4) is 28.4 Å². The molecule has 9 nitrogen and oxygen atoms in total. The third-order valence-corrected chi connectivity index (χ3v) is 10.1. The fourth-order valence-corrected chi connectivity index (χ4v) is 7.75. The molecule has 1 amide bonds. The molecule has 3 aromatic carbocycles. The minimum atomic E-state index is -0.289. The van der Waals surface area contributed by atoms with Gasteiger partial charge < -0.3 is 24.5 Å². The number of rotatable bonds is 7. The van der Waals surface area contributed by atoms with Crippen molar-refractivity contribution in [2.75, 3.05) is 23.3 Å². The molecule has 252 valence electrons. The Morgan fingerprint density at radius 3 is 2.41 bits per heavy atom. The third-order valence-electron chi connectivity index (χ3n) is 9.66. The van der Waals surface area contributed by atoms with E-state index in [2.05, 4.69) is 24.8 Å². The number of anilines is 2. The number of H-pyrrole nitrogens is 1. The molecule has 1 fully saturated rings. The van der Waals surface area contributed by atoms with Crippen LogP contribution in [0.15, 0.2) is 116 Å². The minimum absolute atomic E-state index is 0.0544. The van der Waals surface area contributed by atoms with Gasteiger partial charge in [-0.25, -0.2) is 15.0 Å². The number of aromatic amines is 1. The molecule has 9 rings (SSSR count). The van der Waals surface area contributed by atoms with Gasteiger partial charge in [-0.1, -0.05) is 71.7 Å². The molecular weight excluding hydrogens is 681 g/mol. The van der Waals surface area contributed by atoms with Crippen molar-refractivity contribution < 1.29 is 9.53 Å². The predicted molar refractivity (Wildman–Crippen MR) is 201 cm³/mol. The van der Waals surface area contributed by atoms with E-state index in [4.69, 9.17) is 37.9 Å². The summed E-state index contributed by atoms with van der Waals surface area (Å²) in [5, 5.41) is 5.35. The number of carbonyl (C=O) groups is 1. The lowest BCUT2D eigenvalue weighted by atomic mass is 9.88. The SMILES string of the molecule is O=C(Nc1cccnc1N1CCC(Oc2ccccn2)CC1)c1[nH]c2cc(Cl)cc3c2c1-c1c(-c2ccccc2)ncn1C3c1ccc(Cl)cc1. The smallest absolute Gasteiger partial charge is 0.272 e. The normalized spacial score (nSPS) is 15.5. The van der Waals surface area contributed by atoms with E-state index in [-0.39, 0.29) is 18.1 Å². The molecule has 0 spiro atoms. The van der Waals surface area contributed by atoms with Gasteiger partial charge in [-0.2, -0.15) is 0 Å². The Bertz CT molecular complexity index is 2390. The number of piperidine rings is 1. The van der Waals surface area contributed by atoms with E-state index in [1.807, 2.05) is 103 Å². The largest absolute Gasteiger partial charge is 0.474 e. The molecule has 0 saturated carbocycles. The predicted octanol–water partition coefficient (Wildman–Crippen LogP) is 9.05. The zero-order chi connectivity index (χ0) is 34.5. The van der Waals surface area contributed by atoms with E-state index in [9.17, 15) is 4.79 Å². The summed E-state index contributed by atoms with van der Waals surface area (Å²) in [6.07, 6.45) is 7.00. The second-order valence-corrected chi connectivity index (χ2v) is 13.6. The van der Waals surface area contributed by atoms with Crippen LogP contribution in [0.4, 0.5) is 11.5 Å². The molecule has 2 aliphatic heterocycles. The van der Waals surface area contributed by atoms with Crippen LogP contribution in [0.1, 0.15) is 40.5 Å². The van der Waals surface area contributed by atoms with E-state index in [0.29, 0.717) is 33.1 Å². The maximum Gasteiger partial charge on any atom is 0.272 e. The van der Waals surface area contributed by atoms with Crippen LogP contribution in [-0.2, 0) is 0 Å². The quantitative estimate of drug-likeness (QED) is 0.171. The van der Waals surface area contributed by atoms with Gasteiger partial charge in [-0.05, 0) is 53.6 Å². The van der Waals surface area contributed by atoms with Crippen LogP contribution in [0.5, 0.6) is 5.88 Å². The standard InChI is InChI=1S/C40H31Cl2N7O2/c41-26-13-11-25(12-14-26)37-29-21-27(42)22-31-33(29)34(38-35(45-23-49(37)38)24-7-2-1-3-8-24)36(46-31)40(50)47-30-9-6-18-44-39(30)48-19-15-28(16-20-48)51-32-10-4-5-17-43-32/h1-14,17-18,21-23,28,37,46H,15-16,19-20H2,(H,47,50). The molecular formula is C40H31Cl2N7O2. The molecule has 1 atom stereocenters. The highest BCUT2D eigenvalue weighted by atomic mass is 35.5. The molecule has 51 heavy (non-hydrogen) atoms. The summed E-state index contributed by atoms with van der Waals surface area (Å²) < 4.78 is 8.26. The molecule has 11 heteroatoms. The van der Waals surface area contributed by atoms with Crippen molar-refractivity contribution in [2.24, 2.45) is 0 Å². The van der Waals surface area contributed by atoms with Crippen LogP contribution in [0.25, 0.3) is 33.4 Å². The van der Waals surface area contributed by atoms with E-state index >= 15 is 0 Å². The number of imidazole rings is 1. The molecule has 2 N–H and O–H groups in total. The van der Waals surface area contributed by atoms with Crippen LogP contribution in [0.2, 0.25) is 10.0 Å². The summed E-state index contributed by atoms with van der Waals surface area (Å²) in [5.74, 6) is 1.06. The van der Waals surface area contributed by atoms with Crippen LogP contribution < -0.4 is 15.0 Å². The first-order valence-electron chi connectivity index (χ1n) is 16.8. The fourth-order valence-electron chi connectivity index (χ4n) is 7.40. The number of benzene rings is 3. The van der Waals surface area contributed by atoms with Gasteiger partial charge in [0.05, 0.1) is 29.4 Å². The number of fused-ring (bicyclic) bond motifs is 2. The van der Waals surface area contributed by atoms with Crippen molar-refractivity contribution in [3.63, 3.8) is 0 Å². The molecule has 4 aromatic heterocycles. The molecule has 0 bridgehead atoms. The van der Waals surface area contributed by atoms with E-state index < -0.39 is 0 Å². The number of nitrogens with zero attached hydrogens (tertiary/aromatic N) is 5. The molecule has 2 aliphatic rings. The van der Waals surface area contributed by atoms with Gasteiger partial charge in [-0.15, -0.1) is 0 Å². The summed E-state index contributed by atoms with van der Waals surface area (Å²) in [5.41, 5.74) is 7.14. The Balaban J connectivity index is 1.10. The average molecular weight is 713 g/mol. The molecule has 0 aliphatic carbocycles. The zero-order valence-electron chi connectivity index (χ0n) is 27.3. The number of hydrogen-bond donors (Lipinski definition) is 2. The van der Waals surface area contributed by atoms with Gasteiger partial charge in [0.15, 0.2) is 5.82 Å². The van der Waals surface area contributed by atoms with Crippen LogP contribution in [0.3, 0.4) is 0 Å². The molecule has 1 saturated heterocycles. The van der Waals surface area contributed by atoms with Gasteiger partial charge in [-0.3, -0.25) is 4.79 Å². The van der Waals surface area contributed by atoms with Crippen molar-refractivity contribution in [3.05, 3.63) is 143 Å². The van der Waals surface area contributed by atoms with Crippen LogP contribution >= 0.6 is 23.2 Å². The number of nitrogens with one attached hydrogen (secondary N) is 2. The summed E-state index contributed by atoms with van der Waals surface area (Å²) in [6, 6.07) is 30.9. The van der Waals surface area contributed by atoms with E-state index in [1.54, 1.807) is 12.4 Å². The molecule has 1 unspecified atom stereocenters. The highest BCUT2D eigenvalue weighted by Gasteiger charge is 2.36. The van der Waals surface area contributed by atoms with E-state index in [0.717, 1.165) is 70.5 Å². The van der Waals surface area contributed by atoms with Gasteiger partial charge in [0.25, 0.3) is 5.91 Å².